The largest absolute Gasteiger partial charge is 0.490 e. The minimum Gasteiger partial charge on any atom is -0.490 e. The van der Waals surface area contributed by atoms with E-state index < -0.39 is 0 Å². The van der Waals surface area contributed by atoms with E-state index in [-0.39, 0.29) is 17.2 Å². The lowest BCUT2D eigenvalue weighted by Gasteiger charge is -2.22. The Morgan fingerprint density at radius 3 is 2.52 bits per heavy atom. The lowest BCUT2D eigenvalue weighted by Crippen LogP contribution is -2.29. The van der Waals surface area contributed by atoms with E-state index in [0.29, 0.717) is 30.9 Å². The first-order chi connectivity index (χ1) is 9.83. The van der Waals surface area contributed by atoms with Gasteiger partial charge in [0, 0.05) is 19.6 Å². The standard InChI is InChI=1S/C17H27NO3/c1-17(2,3)12-13(18)11-15(19)14-7-5-6-8-16(14)21-10-9-20-4/h5-8,13H,9-12,18H2,1-4H3. The van der Waals surface area contributed by atoms with E-state index in [1.54, 1.807) is 19.2 Å². The van der Waals surface area contributed by atoms with E-state index in [1.165, 1.54) is 0 Å². The summed E-state index contributed by atoms with van der Waals surface area (Å²) in [6, 6.07) is 7.15. The third-order valence-electron chi connectivity index (χ3n) is 3.05. The molecule has 0 aliphatic heterocycles. The van der Waals surface area contributed by atoms with Crippen LogP contribution in [0, 0.1) is 5.41 Å². The van der Waals surface area contributed by atoms with Crippen LogP contribution in [0.25, 0.3) is 0 Å². The summed E-state index contributed by atoms with van der Waals surface area (Å²) in [7, 11) is 1.62. The number of hydrogen-bond donors (Lipinski definition) is 1. The molecule has 0 aromatic heterocycles. The van der Waals surface area contributed by atoms with Gasteiger partial charge >= 0.3 is 0 Å². The van der Waals surface area contributed by atoms with Gasteiger partial charge in [-0.1, -0.05) is 32.9 Å². The second-order valence-electron chi connectivity index (χ2n) is 6.49. The highest BCUT2D eigenvalue weighted by molar-refractivity contribution is 5.99. The van der Waals surface area contributed by atoms with Crippen molar-refractivity contribution < 1.29 is 14.3 Å². The zero-order valence-electron chi connectivity index (χ0n) is 13.5. The normalized spacial score (nSPS) is 13.0. The Bertz CT molecular complexity index is 452. The van der Waals surface area contributed by atoms with E-state index in [9.17, 15) is 4.79 Å². The molecule has 0 bridgehead atoms. The lowest BCUT2D eigenvalue weighted by atomic mass is 9.86. The summed E-state index contributed by atoms with van der Waals surface area (Å²) in [4.78, 5) is 12.4. The smallest absolute Gasteiger partial charge is 0.168 e. The van der Waals surface area contributed by atoms with Crippen molar-refractivity contribution in [2.24, 2.45) is 11.1 Å². The highest BCUT2D eigenvalue weighted by Gasteiger charge is 2.20. The van der Waals surface area contributed by atoms with E-state index in [0.717, 1.165) is 6.42 Å². The van der Waals surface area contributed by atoms with Crippen LogP contribution in [0.15, 0.2) is 24.3 Å². The molecule has 1 aromatic carbocycles. The number of rotatable bonds is 8. The fourth-order valence-electron chi connectivity index (χ4n) is 2.26. The average Bonchev–Trinajstić information content (AvgIpc) is 2.37. The molecule has 21 heavy (non-hydrogen) atoms. The van der Waals surface area contributed by atoms with Gasteiger partial charge in [0.2, 0.25) is 0 Å². The molecule has 0 radical (unpaired) electrons. The molecule has 0 saturated heterocycles. The molecule has 1 atom stereocenters. The molecular formula is C17H27NO3. The summed E-state index contributed by atoms with van der Waals surface area (Å²) in [6.45, 7) is 7.29. The molecule has 1 rings (SSSR count). The number of ketones is 1. The number of hydrogen-bond acceptors (Lipinski definition) is 4. The van der Waals surface area contributed by atoms with Gasteiger partial charge in [0.15, 0.2) is 5.78 Å². The van der Waals surface area contributed by atoms with Crippen LogP contribution in [0.4, 0.5) is 0 Å². The van der Waals surface area contributed by atoms with Gasteiger partial charge in [-0.25, -0.2) is 0 Å². The zero-order valence-corrected chi connectivity index (χ0v) is 13.5. The average molecular weight is 293 g/mol. The molecule has 118 valence electrons. The first-order valence-electron chi connectivity index (χ1n) is 7.33. The fraction of sp³-hybridized carbons (Fsp3) is 0.588. The fourth-order valence-corrected chi connectivity index (χ4v) is 2.26. The number of benzene rings is 1. The zero-order chi connectivity index (χ0) is 15.9. The highest BCUT2D eigenvalue weighted by atomic mass is 16.5. The topological polar surface area (TPSA) is 61.5 Å². The summed E-state index contributed by atoms with van der Waals surface area (Å²) < 4.78 is 10.5. The predicted octanol–water partition coefficient (Wildman–Crippen LogP) is 3.05. The van der Waals surface area contributed by atoms with Crippen LogP contribution >= 0.6 is 0 Å². The summed E-state index contributed by atoms with van der Waals surface area (Å²) in [5, 5.41) is 0. The Hall–Kier alpha value is -1.39. The quantitative estimate of drug-likeness (QED) is 0.591. The van der Waals surface area contributed by atoms with Crippen molar-refractivity contribution in [3.63, 3.8) is 0 Å². The number of carbonyl (C=O) groups excluding carboxylic acids is 1. The van der Waals surface area contributed by atoms with E-state index in [2.05, 4.69) is 20.8 Å². The number of para-hydroxylation sites is 1. The van der Waals surface area contributed by atoms with Gasteiger partial charge in [-0.3, -0.25) is 4.79 Å². The molecule has 0 aliphatic rings. The van der Waals surface area contributed by atoms with Crippen LogP contribution in [0.3, 0.4) is 0 Å². The predicted molar refractivity (Wildman–Crippen MR) is 84.8 cm³/mol. The summed E-state index contributed by atoms with van der Waals surface area (Å²) in [5.41, 5.74) is 6.80. The van der Waals surface area contributed by atoms with Gasteiger partial charge in [0.1, 0.15) is 12.4 Å². The van der Waals surface area contributed by atoms with Crippen LogP contribution in [0.2, 0.25) is 0 Å². The highest BCUT2D eigenvalue weighted by Crippen LogP contribution is 2.24. The Balaban J connectivity index is 2.69. The minimum atomic E-state index is -0.135. The molecule has 0 saturated carbocycles. The SMILES string of the molecule is COCCOc1ccccc1C(=O)CC(N)CC(C)(C)C. The van der Waals surface area contributed by atoms with Gasteiger partial charge in [0.05, 0.1) is 12.2 Å². The second kappa shape index (κ2) is 8.15. The maximum atomic E-state index is 12.4. The van der Waals surface area contributed by atoms with Crippen molar-refractivity contribution in [2.45, 2.75) is 39.7 Å². The van der Waals surface area contributed by atoms with Crippen LogP contribution in [-0.2, 0) is 4.74 Å². The van der Waals surface area contributed by atoms with E-state index >= 15 is 0 Å². The first kappa shape index (κ1) is 17.7. The monoisotopic (exact) mass is 293 g/mol. The molecule has 0 spiro atoms. The number of nitrogens with two attached hydrogens (primary N) is 1. The Labute approximate surface area is 127 Å². The molecule has 2 N–H and O–H groups in total. The first-order valence-corrected chi connectivity index (χ1v) is 7.33. The number of ether oxygens (including phenoxy) is 2. The van der Waals surface area contributed by atoms with Crippen molar-refractivity contribution in [1.29, 1.82) is 0 Å². The number of methoxy groups -OCH3 is 1. The van der Waals surface area contributed by atoms with Gasteiger partial charge < -0.3 is 15.2 Å². The molecule has 0 fully saturated rings. The van der Waals surface area contributed by atoms with Crippen molar-refractivity contribution >= 4 is 5.78 Å². The maximum absolute atomic E-state index is 12.4. The van der Waals surface area contributed by atoms with E-state index in [4.69, 9.17) is 15.2 Å². The van der Waals surface area contributed by atoms with Crippen LogP contribution < -0.4 is 10.5 Å². The van der Waals surface area contributed by atoms with Crippen LogP contribution in [0.5, 0.6) is 5.75 Å². The Morgan fingerprint density at radius 1 is 1.24 bits per heavy atom. The number of carbonyl (C=O) groups is 1. The molecule has 0 amide bonds. The van der Waals surface area contributed by atoms with Crippen molar-refractivity contribution in [3.8, 4) is 5.75 Å². The minimum absolute atomic E-state index is 0.0276. The maximum Gasteiger partial charge on any atom is 0.168 e. The Kier molecular flexibility index (Phi) is 6.85. The summed E-state index contributed by atoms with van der Waals surface area (Å²) in [6.07, 6.45) is 1.15. The molecule has 1 unspecified atom stereocenters. The molecule has 4 nitrogen and oxygen atoms in total. The summed E-state index contributed by atoms with van der Waals surface area (Å²) >= 11 is 0. The van der Waals surface area contributed by atoms with Crippen molar-refractivity contribution in [2.75, 3.05) is 20.3 Å². The van der Waals surface area contributed by atoms with Crippen LogP contribution in [-0.4, -0.2) is 32.1 Å². The third-order valence-corrected chi connectivity index (χ3v) is 3.05. The number of Topliss-reactive ketones (excluding diaryl/α,β-unsaturated/α-hetero) is 1. The summed E-state index contributed by atoms with van der Waals surface area (Å²) in [5.74, 6) is 0.627. The molecule has 4 heteroatoms. The van der Waals surface area contributed by atoms with Gasteiger partial charge in [-0.05, 0) is 24.0 Å². The third kappa shape index (κ3) is 6.74. The van der Waals surface area contributed by atoms with Crippen LogP contribution in [0.1, 0.15) is 44.0 Å². The molecule has 0 aliphatic carbocycles. The van der Waals surface area contributed by atoms with Crippen molar-refractivity contribution in [1.82, 2.24) is 0 Å². The van der Waals surface area contributed by atoms with Crippen molar-refractivity contribution in [3.05, 3.63) is 29.8 Å². The molecule has 1 aromatic rings. The van der Waals surface area contributed by atoms with Gasteiger partial charge in [-0.15, -0.1) is 0 Å². The Morgan fingerprint density at radius 2 is 1.90 bits per heavy atom. The second-order valence-corrected chi connectivity index (χ2v) is 6.49. The molecular weight excluding hydrogens is 266 g/mol. The van der Waals surface area contributed by atoms with Gasteiger partial charge in [-0.2, -0.15) is 0 Å². The molecule has 0 heterocycles. The van der Waals surface area contributed by atoms with E-state index in [1.807, 2.05) is 12.1 Å². The lowest BCUT2D eigenvalue weighted by molar-refractivity contribution is 0.0960. The van der Waals surface area contributed by atoms with Gasteiger partial charge in [0.25, 0.3) is 0 Å².